The zero-order chi connectivity index (χ0) is 28.7. The number of phenolic OH excluding ortho intramolecular Hbond substituents is 1. The Bertz CT molecular complexity index is 1880. The number of aromatic hydroxyl groups is 1. The molecule has 0 atom stereocenters. The summed E-state index contributed by atoms with van der Waals surface area (Å²) in [5, 5.41) is 28.9. The van der Waals surface area contributed by atoms with Crippen molar-refractivity contribution in [1.29, 1.82) is 0 Å². The van der Waals surface area contributed by atoms with Crippen molar-refractivity contribution in [3.63, 3.8) is 0 Å². The molecule has 0 fully saturated rings. The van der Waals surface area contributed by atoms with Crippen molar-refractivity contribution in [2.75, 3.05) is 5.32 Å². The molecule has 0 saturated heterocycles. The van der Waals surface area contributed by atoms with E-state index in [9.17, 15) is 35.8 Å². The highest BCUT2D eigenvalue weighted by atomic mass is 35.5. The number of azo groups is 1. The highest BCUT2D eigenvalue weighted by Crippen LogP contribution is 2.45. The number of aromatic carboxylic acids is 1. The van der Waals surface area contributed by atoms with Crippen LogP contribution in [0.15, 0.2) is 62.5 Å². The van der Waals surface area contributed by atoms with E-state index in [0.717, 1.165) is 18.2 Å². The van der Waals surface area contributed by atoms with Gasteiger partial charge in [0.2, 0.25) is 16.5 Å². The Hall–Kier alpha value is -4.00. The highest BCUT2D eigenvalue weighted by Gasteiger charge is 2.26. The fourth-order valence-electron chi connectivity index (χ4n) is 3.28. The van der Waals surface area contributed by atoms with Crippen LogP contribution in [0.1, 0.15) is 10.4 Å². The van der Waals surface area contributed by atoms with Crippen LogP contribution in [-0.4, -0.2) is 57.1 Å². The Morgan fingerprint density at radius 1 is 0.872 bits per heavy atom. The van der Waals surface area contributed by atoms with Gasteiger partial charge in [-0.3, -0.25) is 9.11 Å². The number of benzene rings is 3. The van der Waals surface area contributed by atoms with Crippen molar-refractivity contribution in [2.24, 2.45) is 10.2 Å². The van der Waals surface area contributed by atoms with Crippen LogP contribution >= 0.6 is 23.2 Å². The number of hydrogen-bond acceptors (Lipinski definition) is 12. The van der Waals surface area contributed by atoms with Gasteiger partial charge in [0.25, 0.3) is 20.2 Å². The van der Waals surface area contributed by atoms with Crippen molar-refractivity contribution >= 4 is 83.2 Å². The van der Waals surface area contributed by atoms with Gasteiger partial charge in [0.15, 0.2) is 5.75 Å². The first-order valence-electron chi connectivity index (χ1n) is 10.0. The third-order valence-corrected chi connectivity index (χ3v) is 6.94. The van der Waals surface area contributed by atoms with Gasteiger partial charge in [0, 0.05) is 5.39 Å². The molecule has 15 nitrogen and oxygen atoms in total. The molecule has 202 valence electrons. The molecule has 4 rings (SSSR count). The third-order valence-electron chi connectivity index (χ3n) is 4.91. The van der Waals surface area contributed by atoms with Crippen molar-refractivity contribution in [3.05, 3.63) is 58.6 Å². The average molecular weight is 615 g/mol. The summed E-state index contributed by atoms with van der Waals surface area (Å²) in [4.78, 5) is 20.4. The SMILES string of the molecule is O=C(O)c1ccc(N=Nc2c(S(=O)(=O)O)cc3cc(S(=O)(=O)O)cc(Nc4nc(Cl)nc(Cl)n4)c3c2O)cc1. The van der Waals surface area contributed by atoms with Crippen LogP contribution in [0.5, 0.6) is 5.75 Å². The molecule has 0 bridgehead atoms. The van der Waals surface area contributed by atoms with Crippen LogP contribution in [0, 0.1) is 0 Å². The van der Waals surface area contributed by atoms with Crippen LogP contribution < -0.4 is 5.32 Å². The number of rotatable bonds is 7. The van der Waals surface area contributed by atoms with Crippen LogP contribution in [0.4, 0.5) is 23.0 Å². The van der Waals surface area contributed by atoms with Gasteiger partial charge in [0.1, 0.15) is 10.6 Å². The minimum atomic E-state index is -5.09. The number of phenols is 1. The number of carboxylic acids is 1. The molecule has 0 unspecified atom stereocenters. The number of aromatic nitrogens is 3. The molecule has 0 spiro atoms. The summed E-state index contributed by atoms with van der Waals surface area (Å²) in [5.41, 5.74) is -1.07. The molecule has 0 amide bonds. The number of carbonyl (C=O) groups is 1. The molecule has 0 aliphatic heterocycles. The van der Waals surface area contributed by atoms with Gasteiger partial charge in [-0.15, -0.1) is 5.11 Å². The fraction of sp³-hybridized carbons (Fsp3) is 0. The molecule has 0 saturated carbocycles. The fourth-order valence-corrected chi connectivity index (χ4v) is 4.85. The summed E-state index contributed by atoms with van der Waals surface area (Å²) in [6.07, 6.45) is 0. The molecule has 5 N–H and O–H groups in total. The van der Waals surface area contributed by atoms with Crippen molar-refractivity contribution in [2.45, 2.75) is 9.79 Å². The molecular weight excluding hydrogens is 603 g/mol. The second-order valence-electron chi connectivity index (χ2n) is 7.47. The zero-order valence-electron chi connectivity index (χ0n) is 18.7. The van der Waals surface area contributed by atoms with Gasteiger partial charge in [-0.25, -0.2) is 4.79 Å². The second kappa shape index (κ2) is 10.3. The highest BCUT2D eigenvalue weighted by molar-refractivity contribution is 7.86. The molecule has 1 aromatic heterocycles. The topological polar surface area (TPSA) is 242 Å². The van der Waals surface area contributed by atoms with Crippen molar-refractivity contribution in [1.82, 2.24) is 15.0 Å². The summed E-state index contributed by atoms with van der Waals surface area (Å²) in [7, 11) is -9.97. The summed E-state index contributed by atoms with van der Waals surface area (Å²) < 4.78 is 67.5. The molecule has 39 heavy (non-hydrogen) atoms. The van der Waals surface area contributed by atoms with Crippen LogP contribution in [0.25, 0.3) is 10.8 Å². The smallest absolute Gasteiger partial charge is 0.335 e. The van der Waals surface area contributed by atoms with E-state index in [1.165, 1.54) is 24.3 Å². The summed E-state index contributed by atoms with van der Waals surface area (Å²) in [5.74, 6) is -2.43. The first-order valence-corrected chi connectivity index (χ1v) is 13.6. The first-order chi connectivity index (χ1) is 18.1. The number of carboxylic acid groups (broad SMARTS) is 1. The van der Waals surface area contributed by atoms with E-state index < -0.39 is 47.4 Å². The third kappa shape index (κ3) is 6.19. The Balaban J connectivity index is 1.99. The van der Waals surface area contributed by atoms with Crippen molar-refractivity contribution in [3.8, 4) is 5.75 Å². The largest absolute Gasteiger partial charge is 0.505 e. The number of fused-ring (bicyclic) bond motifs is 1. The van der Waals surface area contributed by atoms with Gasteiger partial charge in [-0.1, -0.05) is 0 Å². The second-order valence-corrected chi connectivity index (χ2v) is 11.0. The predicted molar refractivity (Wildman–Crippen MR) is 136 cm³/mol. The lowest BCUT2D eigenvalue weighted by molar-refractivity contribution is 0.0697. The number of nitrogens with zero attached hydrogens (tertiary/aromatic N) is 5. The maximum absolute atomic E-state index is 12.2. The zero-order valence-corrected chi connectivity index (χ0v) is 21.8. The molecule has 0 aliphatic carbocycles. The molecule has 1 heterocycles. The van der Waals surface area contributed by atoms with Crippen LogP contribution in [0.3, 0.4) is 0 Å². The van der Waals surface area contributed by atoms with Gasteiger partial charge in [-0.2, -0.15) is 36.9 Å². The maximum Gasteiger partial charge on any atom is 0.335 e. The Kier molecular flexibility index (Phi) is 7.39. The number of anilines is 2. The number of halogens is 2. The normalized spacial score (nSPS) is 12.2. The monoisotopic (exact) mass is 614 g/mol. The molecule has 19 heteroatoms. The summed E-state index contributed by atoms with van der Waals surface area (Å²) >= 11 is 11.5. The number of hydrogen-bond donors (Lipinski definition) is 5. The maximum atomic E-state index is 12.2. The van der Waals surface area contributed by atoms with E-state index in [4.69, 9.17) is 28.3 Å². The lowest BCUT2D eigenvalue weighted by Crippen LogP contribution is -2.05. The van der Waals surface area contributed by atoms with E-state index >= 15 is 0 Å². The molecule has 0 radical (unpaired) electrons. The van der Waals surface area contributed by atoms with Gasteiger partial charge < -0.3 is 15.5 Å². The minimum Gasteiger partial charge on any atom is -0.505 e. The van der Waals surface area contributed by atoms with Gasteiger partial charge >= 0.3 is 5.97 Å². The first kappa shape index (κ1) is 28.0. The lowest BCUT2D eigenvalue weighted by atomic mass is 10.1. The quantitative estimate of drug-likeness (QED) is 0.143. The van der Waals surface area contributed by atoms with E-state index in [0.29, 0.717) is 0 Å². The molecular formula is C20H12Cl2N6O9S2. The van der Waals surface area contributed by atoms with Crippen molar-refractivity contribution < 1.29 is 40.9 Å². The molecule has 4 aromatic rings. The minimum absolute atomic E-state index is 0.0512. The molecule has 0 aliphatic rings. The van der Waals surface area contributed by atoms with E-state index in [1.807, 2.05) is 0 Å². The van der Waals surface area contributed by atoms with Crippen LogP contribution in [-0.2, 0) is 20.2 Å². The van der Waals surface area contributed by atoms with E-state index in [1.54, 1.807) is 0 Å². The molecule has 3 aromatic carbocycles. The van der Waals surface area contributed by atoms with E-state index in [-0.39, 0.29) is 44.2 Å². The standard InChI is InChI=1S/C20H12Cl2N6O9S2/c21-18-24-19(22)26-20(25-18)23-12-7-11(38(32,33)34)5-9-6-13(39(35,36)37)15(16(29)14(9)12)28-27-10-3-1-8(2-4-10)17(30)31/h1-7,29H,(H,30,31)(H,32,33,34)(H,35,36,37)(H,23,24,25,26). The van der Waals surface area contributed by atoms with E-state index in [2.05, 4.69) is 30.5 Å². The predicted octanol–water partition coefficient (Wildman–Crippen LogP) is 4.39. The Labute approximate surface area is 228 Å². The summed E-state index contributed by atoms with van der Waals surface area (Å²) in [6.45, 7) is 0. The Morgan fingerprint density at radius 2 is 1.49 bits per heavy atom. The van der Waals surface area contributed by atoms with Gasteiger partial charge in [-0.05, 0) is 71.1 Å². The average Bonchev–Trinajstić information content (AvgIpc) is 2.81. The van der Waals surface area contributed by atoms with Gasteiger partial charge in [0.05, 0.1) is 21.8 Å². The number of nitrogens with one attached hydrogen (secondary N) is 1. The van der Waals surface area contributed by atoms with Crippen LogP contribution in [0.2, 0.25) is 10.6 Å². The summed E-state index contributed by atoms with van der Waals surface area (Å²) in [6, 6.07) is 7.36. The Morgan fingerprint density at radius 3 is 2.03 bits per heavy atom. The lowest BCUT2D eigenvalue weighted by Gasteiger charge is -2.15.